The van der Waals surface area contributed by atoms with Crippen LogP contribution < -0.4 is 0 Å². The summed E-state index contributed by atoms with van der Waals surface area (Å²) in [5.74, 6) is -3.06. The monoisotopic (exact) mass is 223 g/mol. The van der Waals surface area contributed by atoms with Crippen LogP contribution in [0.4, 0.5) is 8.78 Å². The van der Waals surface area contributed by atoms with Crippen LogP contribution >= 0.6 is 0 Å². The molecule has 1 aromatic carbocycles. The van der Waals surface area contributed by atoms with Gasteiger partial charge in [-0.1, -0.05) is 6.07 Å². The molecule has 1 rings (SSSR count). The van der Waals surface area contributed by atoms with Crippen LogP contribution in [0.1, 0.15) is 34.2 Å². The van der Waals surface area contributed by atoms with Crippen molar-refractivity contribution < 1.29 is 8.78 Å². The summed E-state index contributed by atoms with van der Waals surface area (Å²) in [7, 11) is 0. The van der Waals surface area contributed by atoms with Crippen molar-refractivity contribution in [1.82, 2.24) is 0 Å². The van der Waals surface area contributed by atoms with E-state index in [1.807, 2.05) is 19.9 Å². The summed E-state index contributed by atoms with van der Waals surface area (Å²) in [6, 6.07) is 3.45. The summed E-state index contributed by atoms with van der Waals surface area (Å²) in [4.78, 5) is 0. The van der Waals surface area contributed by atoms with Crippen LogP contribution in [0.2, 0.25) is 0 Å². The second kappa shape index (κ2) is 4.21. The van der Waals surface area contributed by atoms with E-state index in [4.69, 9.17) is 5.26 Å². The first-order valence-electron chi connectivity index (χ1n) is 5.14. The summed E-state index contributed by atoms with van der Waals surface area (Å²) in [5.41, 5.74) is 2.88. The molecule has 0 amide bonds. The Morgan fingerprint density at radius 2 is 1.56 bits per heavy atom. The summed E-state index contributed by atoms with van der Waals surface area (Å²) in [6.45, 7) is 6.99. The lowest BCUT2D eigenvalue weighted by Crippen LogP contribution is -2.17. The van der Waals surface area contributed by atoms with E-state index in [1.165, 1.54) is 0 Å². The number of nitrogens with zero attached hydrogens (tertiary/aromatic N) is 1. The number of hydrogen-bond donors (Lipinski definition) is 0. The lowest BCUT2D eigenvalue weighted by atomic mass is 9.89. The van der Waals surface area contributed by atoms with E-state index in [1.54, 1.807) is 19.9 Å². The molecule has 0 aliphatic carbocycles. The van der Waals surface area contributed by atoms with Crippen molar-refractivity contribution in [2.24, 2.45) is 0 Å². The molecular formula is C13H15F2N. The van der Waals surface area contributed by atoms with Crippen molar-refractivity contribution in [2.75, 3.05) is 0 Å². The first-order valence-corrected chi connectivity index (χ1v) is 5.14. The topological polar surface area (TPSA) is 23.8 Å². The van der Waals surface area contributed by atoms with Crippen LogP contribution in [0.25, 0.3) is 0 Å². The number of hydrogen-bond acceptors (Lipinski definition) is 1. The number of nitriles is 1. The largest absolute Gasteiger partial charge is 0.286 e. The molecule has 0 aliphatic heterocycles. The molecule has 0 saturated carbocycles. The van der Waals surface area contributed by atoms with Crippen molar-refractivity contribution in [2.45, 2.75) is 40.0 Å². The molecule has 0 aliphatic rings. The second-order valence-corrected chi connectivity index (χ2v) is 4.17. The highest BCUT2D eigenvalue weighted by molar-refractivity contribution is 5.46. The van der Waals surface area contributed by atoms with Gasteiger partial charge in [0.05, 0.1) is 6.07 Å². The van der Waals surface area contributed by atoms with Crippen molar-refractivity contribution in [3.8, 4) is 6.07 Å². The molecule has 0 N–H and O–H groups in total. The minimum atomic E-state index is -3.06. The maximum Gasteiger partial charge on any atom is 0.286 e. The number of halogens is 2. The Bertz CT molecular complexity index is 430. The van der Waals surface area contributed by atoms with E-state index >= 15 is 0 Å². The van der Waals surface area contributed by atoms with Gasteiger partial charge in [0.25, 0.3) is 5.92 Å². The van der Waals surface area contributed by atoms with Crippen molar-refractivity contribution >= 4 is 0 Å². The molecule has 0 radical (unpaired) electrons. The number of aryl methyl sites for hydroxylation is 2. The maximum absolute atomic E-state index is 13.8. The number of benzene rings is 1. The lowest BCUT2D eigenvalue weighted by Gasteiger charge is -2.21. The second-order valence-electron chi connectivity index (χ2n) is 4.17. The smallest absolute Gasteiger partial charge is 0.200 e. The van der Waals surface area contributed by atoms with E-state index < -0.39 is 12.3 Å². The molecule has 16 heavy (non-hydrogen) atoms. The Hall–Kier alpha value is -1.43. The Morgan fingerprint density at radius 1 is 1.12 bits per heavy atom. The molecule has 0 fully saturated rings. The Kier molecular flexibility index (Phi) is 3.32. The molecule has 1 aromatic rings. The quantitative estimate of drug-likeness (QED) is 0.745. The lowest BCUT2D eigenvalue weighted by molar-refractivity contribution is -0.000433. The third-order valence-corrected chi connectivity index (χ3v) is 3.03. The summed E-state index contributed by atoms with van der Waals surface area (Å²) in [5, 5.41) is 8.45. The first-order chi connectivity index (χ1) is 7.31. The Labute approximate surface area is 94.7 Å². The van der Waals surface area contributed by atoms with Gasteiger partial charge in [-0.3, -0.25) is 0 Å². The van der Waals surface area contributed by atoms with Gasteiger partial charge in [-0.15, -0.1) is 0 Å². The zero-order valence-corrected chi connectivity index (χ0v) is 9.99. The fourth-order valence-corrected chi connectivity index (χ4v) is 1.95. The third-order valence-electron chi connectivity index (χ3n) is 3.03. The van der Waals surface area contributed by atoms with Crippen LogP contribution in [-0.4, -0.2) is 0 Å². The molecule has 0 spiro atoms. The van der Waals surface area contributed by atoms with Gasteiger partial charge in [0, 0.05) is 5.56 Å². The van der Waals surface area contributed by atoms with E-state index in [-0.39, 0.29) is 5.56 Å². The van der Waals surface area contributed by atoms with Crippen molar-refractivity contribution in [1.29, 1.82) is 5.26 Å². The van der Waals surface area contributed by atoms with Crippen molar-refractivity contribution in [3.63, 3.8) is 0 Å². The van der Waals surface area contributed by atoms with E-state index in [0.29, 0.717) is 11.1 Å². The molecule has 0 heterocycles. The summed E-state index contributed by atoms with van der Waals surface area (Å²) >= 11 is 0. The zero-order valence-electron chi connectivity index (χ0n) is 9.99. The van der Waals surface area contributed by atoms with Gasteiger partial charge >= 0.3 is 0 Å². The molecule has 0 bridgehead atoms. The normalized spacial score (nSPS) is 11.3. The van der Waals surface area contributed by atoms with Gasteiger partial charge in [0.1, 0.15) is 6.42 Å². The molecule has 0 atom stereocenters. The predicted molar refractivity (Wildman–Crippen MR) is 59.5 cm³/mol. The molecule has 0 aromatic heterocycles. The first kappa shape index (κ1) is 12.6. The minimum absolute atomic E-state index is 0.0200. The van der Waals surface area contributed by atoms with Crippen LogP contribution in [0.5, 0.6) is 0 Å². The molecule has 0 unspecified atom stereocenters. The van der Waals surface area contributed by atoms with Gasteiger partial charge < -0.3 is 0 Å². The standard InChI is InChI=1S/C13H15F2N/c1-8-7-9(2)11(4)12(10(8)3)13(14,15)5-6-16/h7H,5H2,1-4H3. The zero-order chi connectivity index (χ0) is 12.5. The average Bonchev–Trinajstić information content (AvgIpc) is 2.14. The minimum Gasteiger partial charge on any atom is -0.200 e. The highest BCUT2D eigenvalue weighted by atomic mass is 19.3. The van der Waals surface area contributed by atoms with Gasteiger partial charge in [-0.05, 0) is 49.9 Å². The molecule has 3 heteroatoms. The van der Waals surface area contributed by atoms with Gasteiger partial charge in [0.15, 0.2) is 0 Å². The highest BCUT2D eigenvalue weighted by Crippen LogP contribution is 2.38. The molecule has 1 nitrogen and oxygen atoms in total. The fraction of sp³-hybridized carbons (Fsp3) is 0.462. The predicted octanol–water partition coefficient (Wildman–Crippen LogP) is 3.93. The van der Waals surface area contributed by atoms with Crippen LogP contribution in [-0.2, 0) is 5.92 Å². The SMILES string of the molecule is Cc1cc(C)c(C)c(C(F)(F)CC#N)c1C. The Balaban J connectivity index is 3.50. The van der Waals surface area contributed by atoms with Crippen molar-refractivity contribution in [3.05, 3.63) is 33.9 Å². The highest BCUT2D eigenvalue weighted by Gasteiger charge is 2.35. The number of alkyl halides is 2. The van der Waals surface area contributed by atoms with E-state index in [2.05, 4.69) is 0 Å². The molecular weight excluding hydrogens is 208 g/mol. The van der Waals surface area contributed by atoms with E-state index in [0.717, 1.165) is 11.1 Å². The Morgan fingerprint density at radius 3 is 1.94 bits per heavy atom. The van der Waals surface area contributed by atoms with Crippen LogP contribution in [0.15, 0.2) is 6.07 Å². The number of rotatable bonds is 2. The van der Waals surface area contributed by atoms with Crippen LogP contribution in [0.3, 0.4) is 0 Å². The fourth-order valence-electron chi connectivity index (χ4n) is 1.95. The van der Waals surface area contributed by atoms with Gasteiger partial charge in [-0.25, -0.2) is 8.78 Å². The summed E-state index contributed by atoms with van der Waals surface area (Å²) in [6.07, 6.45) is -0.766. The third kappa shape index (κ3) is 2.06. The molecule has 86 valence electrons. The van der Waals surface area contributed by atoms with Gasteiger partial charge in [-0.2, -0.15) is 5.26 Å². The van der Waals surface area contributed by atoms with Gasteiger partial charge in [0.2, 0.25) is 0 Å². The summed E-state index contributed by atoms with van der Waals surface area (Å²) < 4.78 is 27.6. The maximum atomic E-state index is 13.8. The van der Waals surface area contributed by atoms with Crippen LogP contribution in [0, 0.1) is 39.0 Å². The average molecular weight is 223 g/mol. The van der Waals surface area contributed by atoms with E-state index in [9.17, 15) is 8.78 Å². The molecule has 0 saturated heterocycles.